The summed E-state index contributed by atoms with van der Waals surface area (Å²) in [6.07, 6.45) is 2.90. The van der Waals surface area contributed by atoms with Crippen molar-refractivity contribution in [1.82, 2.24) is 0 Å². The van der Waals surface area contributed by atoms with Gasteiger partial charge in [-0.05, 0) is 38.8 Å². The quantitative estimate of drug-likeness (QED) is 0.365. The minimum atomic E-state index is -2.28. The second-order valence-electron chi connectivity index (χ2n) is 6.65. The molecule has 1 rings (SSSR count). The van der Waals surface area contributed by atoms with E-state index in [-0.39, 0.29) is 0 Å². The summed E-state index contributed by atoms with van der Waals surface area (Å²) in [5.41, 5.74) is 0. The van der Waals surface area contributed by atoms with Crippen LogP contribution in [0.15, 0.2) is 0 Å². The fraction of sp³-hybridized carbons (Fsp3) is 0.857. The predicted molar refractivity (Wildman–Crippen MR) is 116 cm³/mol. The summed E-state index contributed by atoms with van der Waals surface area (Å²) in [4.78, 5) is 0. The molecule has 0 bridgehead atoms. The van der Waals surface area contributed by atoms with Crippen molar-refractivity contribution in [2.75, 3.05) is 21.3 Å². The number of rotatable bonds is 7. The third kappa shape index (κ3) is 12.7. The third-order valence-corrected chi connectivity index (χ3v) is 21.5. The van der Waals surface area contributed by atoms with Crippen LogP contribution in [-0.4, -0.2) is 65.8 Å². The first kappa shape index (κ1) is 31.3. The van der Waals surface area contributed by atoms with Crippen molar-refractivity contribution in [3.8, 4) is 0 Å². The van der Waals surface area contributed by atoms with Gasteiger partial charge in [-0.1, -0.05) is 0 Å². The first-order valence-corrected chi connectivity index (χ1v) is 21.0. The Hall–Kier alpha value is 1.11. The Morgan fingerprint density at radius 1 is 0.964 bits per heavy atom. The van der Waals surface area contributed by atoms with E-state index in [1.807, 2.05) is 6.92 Å². The van der Waals surface area contributed by atoms with Gasteiger partial charge in [0.05, 0.1) is 0 Å². The molecule has 0 aromatic heterocycles. The van der Waals surface area contributed by atoms with Gasteiger partial charge in [0.2, 0.25) is 0 Å². The molecule has 0 radical (unpaired) electrons. The average molecular weight is 534 g/mol. The average Bonchev–Trinajstić information content (AvgIpc) is 2.59. The molecule has 0 aromatic rings. The molecule has 0 saturated carbocycles. The summed E-state index contributed by atoms with van der Waals surface area (Å²) in [7, 11) is -4.73. The molecule has 14 heteroatoms. The standard InChI is InChI=1S/C8H23O4Si4.C6H15O3Si.Co.O/c1-7-8-16(6)11-13(2)9-15(4,5)10-14(3)12-16;1-5-6-10(7-2,8-3)9-4;;/h7,13-14H,8H2,1-6H3;1,5-6H2,2-4H3;;/q2*-1;;. The van der Waals surface area contributed by atoms with Crippen molar-refractivity contribution >= 4 is 44.5 Å². The van der Waals surface area contributed by atoms with E-state index in [9.17, 15) is 0 Å². The molecule has 0 aromatic carbocycles. The number of hydrogen-bond acceptors (Lipinski definition) is 8. The summed E-state index contributed by atoms with van der Waals surface area (Å²) in [6, 6.07) is 1.69. The summed E-state index contributed by atoms with van der Waals surface area (Å²) in [5.74, 6) is 0. The molecular formula is C14H38CoO8Si5-2. The molecule has 173 valence electrons. The fourth-order valence-corrected chi connectivity index (χ4v) is 20.6. The zero-order valence-electron chi connectivity index (χ0n) is 18.7. The van der Waals surface area contributed by atoms with Crippen LogP contribution in [0.4, 0.5) is 0 Å². The Bertz CT molecular complexity index is 382. The van der Waals surface area contributed by atoms with Gasteiger partial charge < -0.3 is 43.1 Å². The zero-order valence-corrected chi connectivity index (χ0v) is 25.0. The normalized spacial score (nSPS) is 27.4. The second kappa shape index (κ2) is 15.8. The fourth-order valence-electron chi connectivity index (χ4n) is 2.84. The first-order chi connectivity index (χ1) is 13.0. The van der Waals surface area contributed by atoms with Gasteiger partial charge in [0.1, 0.15) is 0 Å². The summed E-state index contributed by atoms with van der Waals surface area (Å²) < 4.78 is 47.6. The molecule has 0 N–H and O–H groups in total. The van der Waals surface area contributed by atoms with Gasteiger partial charge in [-0.3, -0.25) is 0 Å². The second-order valence-corrected chi connectivity index (χ2v) is 21.3. The van der Waals surface area contributed by atoms with Gasteiger partial charge >= 0.3 is 55.5 Å². The van der Waals surface area contributed by atoms with E-state index in [1.165, 1.54) is 0 Å². The van der Waals surface area contributed by atoms with E-state index >= 15 is 0 Å². The zero-order chi connectivity index (χ0) is 22.4. The molecule has 0 aliphatic carbocycles. The van der Waals surface area contributed by atoms with Crippen LogP contribution in [0.5, 0.6) is 0 Å². The molecule has 1 aliphatic heterocycles. The minimum absolute atomic E-state index is 0.774. The van der Waals surface area contributed by atoms with Crippen LogP contribution in [0.25, 0.3) is 0 Å². The van der Waals surface area contributed by atoms with Gasteiger partial charge in [0, 0.05) is 21.3 Å². The first-order valence-electron chi connectivity index (χ1n) is 9.08. The van der Waals surface area contributed by atoms with Gasteiger partial charge in [-0.2, -0.15) is 13.3 Å². The van der Waals surface area contributed by atoms with Crippen LogP contribution in [0.1, 0.15) is 13.3 Å². The molecule has 1 heterocycles. The Labute approximate surface area is 186 Å². The van der Waals surface area contributed by atoms with Crippen molar-refractivity contribution in [2.24, 2.45) is 0 Å². The van der Waals surface area contributed by atoms with E-state index < -0.39 is 44.5 Å². The van der Waals surface area contributed by atoms with Crippen molar-refractivity contribution in [3.05, 3.63) is 13.3 Å². The van der Waals surface area contributed by atoms with Gasteiger partial charge in [-0.15, -0.1) is 6.04 Å². The van der Waals surface area contributed by atoms with Crippen LogP contribution in [-0.2, 0) is 49.3 Å². The van der Waals surface area contributed by atoms with E-state index in [0.29, 0.717) is 0 Å². The maximum atomic E-state index is 7.94. The topological polar surface area (TPSA) is 81.7 Å². The maximum absolute atomic E-state index is 7.94. The molecule has 2 unspecified atom stereocenters. The van der Waals surface area contributed by atoms with Crippen molar-refractivity contribution in [2.45, 2.75) is 58.2 Å². The molecule has 1 saturated heterocycles. The molecular weight excluding hydrogens is 496 g/mol. The SMILES string of the molecule is C[CH-]C[Si]1(C)O[SiH](C)O[Si](C)(C)O[SiH](C)O1.[CH2-]CC[Si](OC)(OC)OC.[O]=[Co]. The predicted octanol–water partition coefficient (Wildman–Crippen LogP) is 2.73. The Balaban J connectivity index is 0. The van der Waals surface area contributed by atoms with E-state index in [2.05, 4.69) is 61.7 Å². The van der Waals surface area contributed by atoms with Gasteiger partial charge in [0.25, 0.3) is 8.56 Å². The van der Waals surface area contributed by atoms with Crippen LogP contribution < -0.4 is 0 Å². The summed E-state index contributed by atoms with van der Waals surface area (Å²) in [6.45, 7) is 16.2. The molecule has 0 spiro atoms. The summed E-state index contributed by atoms with van der Waals surface area (Å²) in [5, 5.41) is 0. The number of hydrogen-bond donors (Lipinski definition) is 0. The monoisotopic (exact) mass is 533 g/mol. The van der Waals surface area contributed by atoms with Crippen LogP contribution in [0.3, 0.4) is 0 Å². The van der Waals surface area contributed by atoms with Crippen LogP contribution in [0, 0.1) is 13.3 Å². The van der Waals surface area contributed by atoms with Crippen molar-refractivity contribution < 1.29 is 49.3 Å². The van der Waals surface area contributed by atoms with Crippen LogP contribution >= 0.6 is 0 Å². The summed E-state index contributed by atoms with van der Waals surface area (Å²) >= 11 is 2.31. The van der Waals surface area contributed by atoms with Crippen molar-refractivity contribution in [1.29, 1.82) is 0 Å². The van der Waals surface area contributed by atoms with Crippen LogP contribution in [0.2, 0.25) is 44.8 Å². The van der Waals surface area contributed by atoms with E-state index in [0.717, 1.165) is 18.5 Å². The molecule has 1 fully saturated rings. The third-order valence-electron chi connectivity index (χ3n) is 3.72. The van der Waals surface area contributed by atoms with Crippen molar-refractivity contribution in [3.63, 3.8) is 0 Å². The molecule has 2 atom stereocenters. The van der Waals surface area contributed by atoms with E-state index in [1.54, 1.807) is 21.3 Å². The Kier molecular flexibility index (Phi) is 17.7. The molecule has 1 aliphatic rings. The van der Waals surface area contributed by atoms with E-state index in [4.69, 9.17) is 33.6 Å². The Morgan fingerprint density at radius 2 is 1.36 bits per heavy atom. The molecule has 8 nitrogen and oxygen atoms in total. The van der Waals surface area contributed by atoms with Gasteiger partial charge in [0.15, 0.2) is 0 Å². The molecule has 0 amide bonds. The van der Waals surface area contributed by atoms with Gasteiger partial charge in [-0.25, -0.2) is 0 Å². The molecule has 28 heavy (non-hydrogen) atoms. The Morgan fingerprint density at radius 3 is 1.61 bits per heavy atom.